The summed E-state index contributed by atoms with van der Waals surface area (Å²) in [5, 5.41) is 0.293. The minimum absolute atomic E-state index is 0.293. The van der Waals surface area contributed by atoms with Gasteiger partial charge in [0.25, 0.3) is 0 Å². The predicted octanol–water partition coefficient (Wildman–Crippen LogP) is 2.21. The van der Waals surface area contributed by atoms with Gasteiger partial charge in [-0.3, -0.25) is 0 Å². The first-order valence-electron chi connectivity index (χ1n) is 4.58. The highest BCUT2D eigenvalue weighted by atomic mass is 35.5. The molecular formula is C10H13ClN2. The SMILES string of the molecule is Cc1cccnc1N1CCC(Cl)C1. The topological polar surface area (TPSA) is 16.1 Å². The fourth-order valence-corrected chi connectivity index (χ4v) is 1.98. The highest BCUT2D eigenvalue weighted by molar-refractivity contribution is 6.21. The first kappa shape index (κ1) is 8.82. The standard InChI is InChI=1S/C10H13ClN2/c1-8-3-2-5-12-10(8)13-6-4-9(11)7-13/h2-3,5,9H,4,6-7H2,1H3. The van der Waals surface area contributed by atoms with Gasteiger partial charge in [-0.15, -0.1) is 11.6 Å². The van der Waals surface area contributed by atoms with Gasteiger partial charge in [0.2, 0.25) is 0 Å². The Hall–Kier alpha value is -0.760. The molecule has 1 saturated heterocycles. The monoisotopic (exact) mass is 196 g/mol. The van der Waals surface area contributed by atoms with Crippen LogP contribution in [0.15, 0.2) is 18.3 Å². The van der Waals surface area contributed by atoms with Crippen molar-refractivity contribution in [1.82, 2.24) is 4.98 Å². The molecule has 1 aromatic heterocycles. The van der Waals surface area contributed by atoms with Crippen molar-refractivity contribution in [2.45, 2.75) is 18.7 Å². The minimum atomic E-state index is 0.293. The number of aromatic nitrogens is 1. The van der Waals surface area contributed by atoms with Crippen molar-refractivity contribution in [2.24, 2.45) is 0 Å². The summed E-state index contributed by atoms with van der Waals surface area (Å²) < 4.78 is 0. The quantitative estimate of drug-likeness (QED) is 0.641. The maximum absolute atomic E-state index is 6.04. The van der Waals surface area contributed by atoms with E-state index in [1.54, 1.807) is 0 Å². The Kier molecular flexibility index (Phi) is 2.40. The van der Waals surface area contributed by atoms with Crippen molar-refractivity contribution >= 4 is 17.4 Å². The average Bonchev–Trinajstić information content (AvgIpc) is 2.53. The highest BCUT2D eigenvalue weighted by Gasteiger charge is 2.21. The van der Waals surface area contributed by atoms with Gasteiger partial charge in [0, 0.05) is 19.3 Å². The molecule has 0 spiro atoms. The first-order chi connectivity index (χ1) is 6.27. The van der Waals surface area contributed by atoms with Crippen LogP contribution in [0.4, 0.5) is 5.82 Å². The van der Waals surface area contributed by atoms with E-state index >= 15 is 0 Å². The molecule has 2 nitrogen and oxygen atoms in total. The molecule has 1 aromatic rings. The van der Waals surface area contributed by atoms with Crippen molar-refractivity contribution in [2.75, 3.05) is 18.0 Å². The third-order valence-corrected chi connectivity index (χ3v) is 2.77. The summed E-state index contributed by atoms with van der Waals surface area (Å²) in [4.78, 5) is 6.62. The van der Waals surface area contributed by atoms with Crippen molar-refractivity contribution in [1.29, 1.82) is 0 Å². The van der Waals surface area contributed by atoms with Gasteiger partial charge in [-0.1, -0.05) is 6.07 Å². The van der Waals surface area contributed by atoms with E-state index in [0.29, 0.717) is 5.38 Å². The summed E-state index contributed by atoms with van der Waals surface area (Å²) in [6.45, 7) is 4.05. The Balaban J connectivity index is 2.21. The molecule has 2 rings (SSSR count). The maximum Gasteiger partial charge on any atom is 0.131 e. The highest BCUT2D eigenvalue weighted by Crippen LogP contribution is 2.23. The van der Waals surface area contributed by atoms with E-state index in [4.69, 9.17) is 11.6 Å². The van der Waals surface area contributed by atoms with Crippen molar-refractivity contribution < 1.29 is 0 Å². The van der Waals surface area contributed by atoms with E-state index in [-0.39, 0.29) is 0 Å². The number of halogens is 1. The molecule has 0 radical (unpaired) electrons. The lowest BCUT2D eigenvalue weighted by Gasteiger charge is -2.18. The van der Waals surface area contributed by atoms with Gasteiger partial charge in [0.05, 0.1) is 5.38 Å². The van der Waals surface area contributed by atoms with Crippen LogP contribution < -0.4 is 4.90 Å². The van der Waals surface area contributed by atoms with Gasteiger partial charge in [-0.2, -0.15) is 0 Å². The number of hydrogen-bond donors (Lipinski definition) is 0. The van der Waals surface area contributed by atoms with Gasteiger partial charge in [-0.05, 0) is 25.0 Å². The molecule has 1 unspecified atom stereocenters. The number of alkyl halides is 1. The van der Waals surface area contributed by atoms with Crippen molar-refractivity contribution in [3.05, 3.63) is 23.9 Å². The van der Waals surface area contributed by atoms with E-state index in [2.05, 4.69) is 22.9 Å². The average molecular weight is 197 g/mol. The zero-order chi connectivity index (χ0) is 9.26. The number of aryl methyl sites for hydroxylation is 1. The lowest BCUT2D eigenvalue weighted by atomic mass is 10.3. The third kappa shape index (κ3) is 1.78. The molecule has 2 heterocycles. The lowest BCUT2D eigenvalue weighted by Crippen LogP contribution is -2.21. The molecule has 0 aliphatic carbocycles. The summed E-state index contributed by atoms with van der Waals surface area (Å²) in [6.07, 6.45) is 2.90. The number of pyridine rings is 1. The summed E-state index contributed by atoms with van der Waals surface area (Å²) >= 11 is 6.04. The van der Waals surface area contributed by atoms with E-state index in [9.17, 15) is 0 Å². The molecule has 0 N–H and O–H groups in total. The van der Waals surface area contributed by atoms with E-state index in [1.165, 1.54) is 5.56 Å². The van der Waals surface area contributed by atoms with Crippen LogP contribution in [0.25, 0.3) is 0 Å². The Morgan fingerprint density at radius 3 is 3.08 bits per heavy atom. The Morgan fingerprint density at radius 1 is 1.62 bits per heavy atom. The molecule has 3 heteroatoms. The smallest absolute Gasteiger partial charge is 0.131 e. The molecule has 1 fully saturated rings. The van der Waals surface area contributed by atoms with Gasteiger partial charge in [0.15, 0.2) is 0 Å². The first-order valence-corrected chi connectivity index (χ1v) is 5.01. The van der Waals surface area contributed by atoms with Crippen LogP contribution >= 0.6 is 11.6 Å². The van der Waals surface area contributed by atoms with Crippen LogP contribution in [0.5, 0.6) is 0 Å². The zero-order valence-electron chi connectivity index (χ0n) is 7.70. The number of rotatable bonds is 1. The van der Waals surface area contributed by atoms with Crippen LogP contribution in [0.1, 0.15) is 12.0 Å². The molecule has 0 amide bonds. The second-order valence-electron chi connectivity index (χ2n) is 3.48. The fraction of sp³-hybridized carbons (Fsp3) is 0.500. The molecule has 1 aliphatic heterocycles. The second kappa shape index (κ2) is 3.54. The maximum atomic E-state index is 6.04. The van der Waals surface area contributed by atoms with Crippen LogP contribution in [-0.2, 0) is 0 Å². The summed E-state index contributed by atoms with van der Waals surface area (Å²) in [5.41, 5.74) is 1.23. The lowest BCUT2D eigenvalue weighted by molar-refractivity contribution is 0.929. The van der Waals surface area contributed by atoms with E-state index < -0.39 is 0 Å². The molecule has 0 bridgehead atoms. The Morgan fingerprint density at radius 2 is 2.46 bits per heavy atom. The van der Waals surface area contributed by atoms with Crippen LogP contribution in [0.2, 0.25) is 0 Å². The normalized spacial score (nSPS) is 22.3. The minimum Gasteiger partial charge on any atom is -0.355 e. The second-order valence-corrected chi connectivity index (χ2v) is 4.09. The third-order valence-electron chi connectivity index (χ3n) is 2.41. The predicted molar refractivity (Wildman–Crippen MR) is 55.4 cm³/mol. The zero-order valence-corrected chi connectivity index (χ0v) is 8.46. The molecular weight excluding hydrogens is 184 g/mol. The van der Waals surface area contributed by atoms with Gasteiger partial charge in [0.1, 0.15) is 5.82 Å². The van der Waals surface area contributed by atoms with Crippen LogP contribution in [0.3, 0.4) is 0 Å². The summed E-state index contributed by atoms with van der Waals surface area (Å²) in [6, 6.07) is 4.05. The number of anilines is 1. The molecule has 1 atom stereocenters. The largest absolute Gasteiger partial charge is 0.355 e. The molecule has 13 heavy (non-hydrogen) atoms. The van der Waals surface area contributed by atoms with E-state index in [0.717, 1.165) is 25.3 Å². The Bertz CT molecular complexity index is 301. The Labute approximate surface area is 83.5 Å². The van der Waals surface area contributed by atoms with Crippen molar-refractivity contribution in [3.63, 3.8) is 0 Å². The summed E-state index contributed by atoms with van der Waals surface area (Å²) in [5.74, 6) is 1.09. The molecule has 70 valence electrons. The summed E-state index contributed by atoms with van der Waals surface area (Å²) in [7, 11) is 0. The molecule has 0 aromatic carbocycles. The van der Waals surface area contributed by atoms with E-state index in [1.807, 2.05) is 12.3 Å². The number of nitrogens with zero attached hydrogens (tertiary/aromatic N) is 2. The van der Waals surface area contributed by atoms with Gasteiger partial charge < -0.3 is 4.90 Å². The van der Waals surface area contributed by atoms with Gasteiger partial charge >= 0.3 is 0 Å². The number of hydrogen-bond acceptors (Lipinski definition) is 2. The molecule has 1 aliphatic rings. The molecule has 0 saturated carbocycles. The fourth-order valence-electron chi connectivity index (χ4n) is 1.72. The van der Waals surface area contributed by atoms with Crippen LogP contribution in [0, 0.1) is 6.92 Å². The van der Waals surface area contributed by atoms with Crippen LogP contribution in [-0.4, -0.2) is 23.5 Å². The van der Waals surface area contributed by atoms with Gasteiger partial charge in [-0.25, -0.2) is 4.98 Å². The van der Waals surface area contributed by atoms with Crippen molar-refractivity contribution in [3.8, 4) is 0 Å².